The number of thiophene rings is 1. The Balaban J connectivity index is 0.00000156. The molecule has 0 bridgehead atoms. The lowest BCUT2D eigenvalue weighted by Crippen LogP contribution is -2.09. The molecule has 2 nitrogen and oxygen atoms in total. The lowest BCUT2D eigenvalue weighted by Gasteiger charge is -2.07. The maximum atomic E-state index is 4.86. The zero-order chi connectivity index (χ0) is 14.8. The van der Waals surface area contributed by atoms with Gasteiger partial charge in [0, 0.05) is 17.2 Å². The number of fused-ring (bicyclic) bond motifs is 1. The Labute approximate surface area is 145 Å². The summed E-state index contributed by atoms with van der Waals surface area (Å²) in [6.45, 7) is 0. The van der Waals surface area contributed by atoms with Crippen molar-refractivity contribution in [2.75, 3.05) is 0 Å². The summed E-state index contributed by atoms with van der Waals surface area (Å²) in [6, 6.07) is 20.7. The van der Waals surface area contributed by atoms with Gasteiger partial charge in [-0.2, -0.15) is 0 Å². The van der Waals surface area contributed by atoms with Crippen molar-refractivity contribution in [3.05, 3.63) is 82.6 Å². The molecule has 2 heterocycles. The minimum Gasteiger partial charge on any atom is -0.249 e. The highest BCUT2D eigenvalue weighted by atomic mass is 35.5. The Kier molecular flexibility index (Phi) is 4.70. The molecule has 0 saturated carbocycles. The highest BCUT2D eigenvalue weighted by molar-refractivity contribution is 7.08. The molecule has 3 aromatic rings. The van der Waals surface area contributed by atoms with Crippen LogP contribution in [0.15, 0.2) is 81.4 Å². The van der Waals surface area contributed by atoms with Crippen LogP contribution in [0.25, 0.3) is 0 Å². The van der Waals surface area contributed by atoms with E-state index in [9.17, 15) is 0 Å². The molecule has 0 spiro atoms. The average Bonchev–Trinajstić information content (AvgIpc) is 2.94. The van der Waals surface area contributed by atoms with Crippen molar-refractivity contribution in [1.82, 2.24) is 0 Å². The number of benzene rings is 2. The van der Waals surface area contributed by atoms with Crippen molar-refractivity contribution in [2.45, 2.75) is 6.42 Å². The van der Waals surface area contributed by atoms with E-state index in [2.05, 4.69) is 59.3 Å². The minimum absolute atomic E-state index is 0. The quantitative estimate of drug-likeness (QED) is 0.563. The molecule has 1 aliphatic heterocycles. The first-order valence-electron chi connectivity index (χ1n) is 7.22. The van der Waals surface area contributed by atoms with E-state index >= 15 is 0 Å². The molecule has 114 valence electrons. The largest absolute Gasteiger partial charge is 0.249 e. The first kappa shape index (κ1) is 15.7. The molecule has 1 aromatic heterocycles. The number of hydrogen-bond acceptors (Lipinski definition) is 3. The molecule has 2 aromatic carbocycles. The topological polar surface area (TPSA) is 24.7 Å². The molecule has 1 aliphatic rings. The van der Waals surface area contributed by atoms with Crippen molar-refractivity contribution < 1.29 is 0 Å². The SMILES string of the molecule is Cl.c1ccc(C2=Nc3cscc3N=C(c3ccccc3)C2)cc1. The maximum Gasteiger partial charge on any atom is 0.0997 e. The lowest BCUT2D eigenvalue weighted by atomic mass is 10.00. The summed E-state index contributed by atoms with van der Waals surface area (Å²) in [4.78, 5) is 9.72. The second kappa shape index (κ2) is 6.90. The van der Waals surface area contributed by atoms with Gasteiger partial charge in [0.15, 0.2) is 0 Å². The lowest BCUT2D eigenvalue weighted by molar-refractivity contribution is 1.44. The Morgan fingerprint density at radius 1 is 0.652 bits per heavy atom. The van der Waals surface area contributed by atoms with Gasteiger partial charge in [0.2, 0.25) is 0 Å². The maximum absolute atomic E-state index is 4.86. The Hall–Kier alpha value is -2.23. The Morgan fingerprint density at radius 2 is 1.09 bits per heavy atom. The molecule has 0 aliphatic carbocycles. The molecule has 0 radical (unpaired) electrons. The van der Waals surface area contributed by atoms with Gasteiger partial charge in [0.05, 0.1) is 22.8 Å². The second-order valence-electron chi connectivity index (χ2n) is 5.17. The van der Waals surface area contributed by atoms with Gasteiger partial charge in [-0.15, -0.1) is 23.7 Å². The van der Waals surface area contributed by atoms with Crippen molar-refractivity contribution in [3.8, 4) is 0 Å². The molecule has 4 rings (SSSR count). The third-order valence-corrected chi connectivity index (χ3v) is 4.40. The average molecular weight is 339 g/mol. The van der Waals surface area contributed by atoms with Gasteiger partial charge < -0.3 is 0 Å². The molecule has 0 atom stereocenters. The summed E-state index contributed by atoms with van der Waals surface area (Å²) < 4.78 is 0. The van der Waals surface area contributed by atoms with Crippen LogP contribution in [0.5, 0.6) is 0 Å². The summed E-state index contributed by atoms with van der Waals surface area (Å²) in [6.07, 6.45) is 0.743. The number of aliphatic imine (C=N–C) groups is 2. The van der Waals surface area contributed by atoms with E-state index in [1.54, 1.807) is 11.3 Å². The van der Waals surface area contributed by atoms with Gasteiger partial charge >= 0.3 is 0 Å². The van der Waals surface area contributed by atoms with Crippen LogP contribution < -0.4 is 0 Å². The normalized spacial score (nSPS) is 13.2. The van der Waals surface area contributed by atoms with E-state index in [1.807, 2.05) is 12.1 Å². The summed E-state index contributed by atoms with van der Waals surface area (Å²) in [5, 5.41) is 4.13. The van der Waals surface area contributed by atoms with Gasteiger partial charge in [-0.3, -0.25) is 0 Å². The third-order valence-electron chi connectivity index (χ3n) is 3.68. The zero-order valence-electron chi connectivity index (χ0n) is 12.3. The van der Waals surface area contributed by atoms with Crippen LogP contribution in [-0.4, -0.2) is 11.4 Å². The smallest absolute Gasteiger partial charge is 0.0997 e. The number of hydrogen-bond donors (Lipinski definition) is 0. The first-order chi connectivity index (χ1) is 10.9. The van der Waals surface area contributed by atoms with Gasteiger partial charge in [0.1, 0.15) is 0 Å². The van der Waals surface area contributed by atoms with E-state index < -0.39 is 0 Å². The highest BCUT2D eigenvalue weighted by Gasteiger charge is 2.16. The molecule has 0 N–H and O–H groups in total. The van der Waals surface area contributed by atoms with E-state index in [-0.39, 0.29) is 12.4 Å². The predicted octanol–water partition coefficient (Wildman–Crippen LogP) is 5.82. The fraction of sp³-hybridized carbons (Fsp3) is 0.0526. The van der Waals surface area contributed by atoms with Crippen molar-refractivity contribution in [2.24, 2.45) is 9.98 Å². The van der Waals surface area contributed by atoms with Gasteiger partial charge in [-0.1, -0.05) is 60.7 Å². The highest BCUT2D eigenvalue weighted by Crippen LogP contribution is 2.36. The first-order valence-corrected chi connectivity index (χ1v) is 8.16. The Morgan fingerprint density at radius 3 is 1.52 bits per heavy atom. The van der Waals surface area contributed by atoms with Crippen LogP contribution in [0.3, 0.4) is 0 Å². The summed E-state index contributed by atoms with van der Waals surface area (Å²) >= 11 is 1.64. The van der Waals surface area contributed by atoms with Gasteiger partial charge in [-0.25, -0.2) is 9.98 Å². The third kappa shape index (κ3) is 3.26. The van der Waals surface area contributed by atoms with Crippen molar-refractivity contribution in [1.29, 1.82) is 0 Å². The van der Waals surface area contributed by atoms with Crippen LogP contribution in [0.1, 0.15) is 17.5 Å². The van der Waals surface area contributed by atoms with Crippen LogP contribution in [0, 0.1) is 0 Å². The van der Waals surface area contributed by atoms with E-state index in [4.69, 9.17) is 9.98 Å². The monoisotopic (exact) mass is 338 g/mol. The number of nitrogens with zero attached hydrogens (tertiary/aromatic N) is 2. The van der Waals surface area contributed by atoms with Crippen LogP contribution in [0.2, 0.25) is 0 Å². The number of rotatable bonds is 2. The van der Waals surface area contributed by atoms with Gasteiger partial charge in [-0.05, 0) is 11.1 Å². The van der Waals surface area contributed by atoms with Crippen LogP contribution >= 0.6 is 23.7 Å². The molecule has 0 saturated heterocycles. The fourth-order valence-corrected chi connectivity index (χ4v) is 3.25. The molecule has 0 amide bonds. The number of halogens is 1. The minimum atomic E-state index is 0. The zero-order valence-corrected chi connectivity index (χ0v) is 14.0. The Bertz CT molecular complexity index is 781. The molecule has 0 fully saturated rings. The predicted molar refractivity (Wildman–Crippen MR) is 101 cm³/mol. The second-order valence-corrected chi connectivity index (χ2v) is 5.91. The summed E-state index contributed by atoms with van der Waals surface area (Å²) in [7, 11) is 0. The van der Waals surface area contributed by atoms with E-state index in [1.165, 1.54) is 0 Å². The summed E-state index contributed by atoms with van der Waals surface area (Å²) in [5.74, 6) is 0. The van der Waals surface area contributed by atoms with Crippen LogP contribution in [0.4, 0.5) is 11.4 Å². The standard InChI is InChI=1S/C19H14N2S.ClH/c1-3-7-14(8-4-1)16-11-17(15-9-5-2-6-10-15)21-19-13-22-12-18(19)20-16;/h1-10,12-13H,11H2;1H. The van der Waals surface area contributed by atoms with Crippen molar-refractivity contribution in [3.63, 3.8) is 0 Å². The van der Waals surface area contributed by atoms with Crippen LogP contribution in [-0.2, 0) is 0 Å². The van der Waals surface area contributed by atoms with E-state index in [0.29, 0.717) is 0 Å². The molecular formula is C19H15ClN2S. The fourth-order valence-electron chi connectivity index (χ4n) is 2.57. The van der Waals surface area contributed by atoms with Crippen molar-refractivity contribution >= 4 is 46.5 Å². The molecule has 23 heavy (non-hydrogen) atoms. The molecule has 0 unspecified atom stereocenters. The molecule has 4 heteroatoms. The summed E-state index contributed by atoms with van der Waals surface area (Å²) in [5.41, 5.74) is 6.39. The van der Waals surface area contributed by atoms with E-state index in [0.717, 1.165) is 40.3 Å². The van der Waals surface area contributed by atoms with Gasteiger partial charge in [0.25, 0.3) is 0 Å². The molecular weight excluding hydrogens is 324 g/mol.